The lowest BCUT2D eigenvalue weighted by Gasteiger charge is -2.34. The fourth-order valence-corrected chi connectivity index (χ4v) is 4.87. The standard InChI is InChI=1S/C25H24ClN3O5S/c1-2-34-24(32)28-12-10-27(11-13-28)22(30)19-8-6-17(7-9-19)15-21-23(31)29(25(33)35-21)16-18-4-3-5-20(26)14-18/h3-9,14-15H,2,10-13,16H2,1H3/b21-15-. The van der Waals surface area contributed by atoms with E-state index in [4.69, 9.17) is 16.3 Å². The maximum absolute atomic E-state index is 12.9. The second-order valence-corrected chi connectivity index (χ2v) is 9.43. The zero-order chi connectivity index (χ0) is 24.9. The van der Waals surface area contributed by atoms with Gasteiger partial charge in [0.2, 0.25) is 0 Å². The normalized spacial score (nSPS) is 17.3. The molecule has 10 heteroatoms. The lowest BCUT2D eigenvalue weighted by molar-refractivity contribution is -0.123. The summed E-state index contributed by atoms with van der Waals surface area (Å²) in [5.74, 6) is -0.485. The summed E-state index contributed by atoms with van der Waals surface area (Å²) in [4.78, 5) is 54.7. The van der Waals surface area contributed by atoms with Crippen LogP contribution in [-0.2, 0) is 16.1 Å². The first-order valence-electron chi connectivity index (χ1n) is 11.2. The Labute approximate surface area is 212 Å². The van der Waals surface area contributed by atoms with E-state index in [0.29, 0.717) is 53.8 Å². The molecule has 2 aromatic rings. The van der Waals surface area contributed by atoms with Gasteiger partial charge in [0.15, 0.2) is 0 Å². The number of hydrogen-bond acceptors (Lipinski definition) is 6. The average Bonchev–Trinajstić information content (AvgIpc) is 3.11. The van der Waals surface area contributed by atoms with Crippen LogP contribution in [0.4, 0.5) is 9.59 Å². The van der Waals surface area contributed by atoms with Crippen LogP contribution in [0.3, 0.4) is 0 Å². The first kappa shape index (κ1) is 24.8. The summed E-state index contributed by atoms with van der Waals surface area (Å²) in [5, 5.41) is 0.204. The number of piperazine rings is 1. The Morgan fingerprint density at radius 1 is 1.03 bits per heavy atom. The zero-order valence-corrected chi connectivity index (χ0v) is 20.7. The van der Waals surface area contributed by atoms with Crippen molar-refractivity contribution < 1.29 is 23.9 Å². The molecule has 2 aromatic carbocycles. The van der Waals surface area contributed by atoms with Gasteiger partial charge in [0, 0.05) is 36.8 Å². The summed E-state index contributed by atoms with van der Waals surface area (Å²) in [6, 6.07) is 13.9. The number of ether oxygens (including phenoxy) is 1. The van der Waals surface area contributed by atoms with E-state index in [1.165, 1.54) is 4.90 Å². The highest BCUT2D eigenvalue weighted by molar-refractivity contribution is 8.18. The van der Waals surface area contributed by atoms with E-state index >= 15 is 0 Å². The fraction of sp³-hybridized carbons (Fsp3) is 0.280. The van der Waals surface area contributed by atoms with E-state index < -0.39 is 0 Å². The molecular formula is C25H24ClN3O5S. The molecule has 2 fully saturated rings. The van der Waals surface area contributed by atoms with Crippen molar-refractivity contribution in [1.82, 2.24) is 14.7 Å². The number of hydrogen-bond donors (Lipinski definition) is 0. The molecule has 2 aliphatic heterocycles. The highest BCUT2D eigenvalue weighted by Crippen LogP contribution is 2.33. The highest BCUT2D eigenvalue weighted by atomic mass is 35.5. The molecule has 0 unspecified atom stereocenters. The summed E-state index contributed by atoms with van der Waals surface area (Å²) >= 11 is 6.89. The van der Waals surface area contributed by atoms with Crippen LogP contribution in [0.15, 0.2) is 53.4 Å². The van der Waals surface area contributed by atoms with Crippen LogP contribution in [0.5, 0.6) is 0 Å². The molecule has 0 N–H and O–H groups in total. The third-order valence-electron chi connectivity index (χ3n) is 5.65. The number of rotatable bonds is 5. The number of nitrogens with zero attached hydrogens (tertiary/aromatic N) is 3. The van der Waals surface area contributed by atoms with Gasteiger partial charge in [0.1, 0.15) is 0 Å². The van der Waals surface area contributed by atoms with E-state index in [-0.39, 0.29) is 29.7 Å². The topological polar surface area (TPSA) is 87.2 Å². The Bertz CT molecular complexity index is 1180. The predicted molar refractivity (Wildman–Crippen MR) is 134 cm³/mol. The van der Waals surface area contributed by atoms with Crippen molar-refractivity contribution in [2.24, 2.45) is 0 Å². The quantitative estimate of drug-likeness (QED) is 0.547. The molecule has 0 aromatic heterocycles. The molecule has 0 spiro atoms. The van der Waals surface area contributed by atoms with E-state index in [9.17, 15) is 19.2 Å². The number of amides is 4. The Hall–Kier alpha value is -3.30. The van der Waals surface area contributed by atoms with E-state index in [1.807, 2.05) is 6.07 Å². The number of imide groups is 1. The Balaban J connectivity index is 1.38. The van der Waals surface area contributed by atoms with Gasteiger partial charge in [-0.3, -0.25) is 19.3 Å². The first-order chi connectivity index (χ1) is 16.9. The van der Waals surface area contributed by atoms with Gasteiger partial charge in [-0.05, 0) is 60.2 Å². The van der Waals surface area contributed by atoms with Gasteiger partial charge in [0.25, 0.3) is 17.1 Å². The van der Waals surface area contributed by atoms with Gasteiger partial charge >= 0.3 is 6.09 Å². The molecule has 4 amide bonds. The van der Waals surface area contributed by atoms with Crippen molar-refractivity contribution in [2.75, 3.05) is 32.8 Å². The molecule has 0 aliphatic carbocycles. The molecule has 0 bridgehead atoms. The Kier molecular flexibility index (Phi) is 7.77. The molecule has 0 atom stereocenters. The van der Waals surface area contributed by atoms with Crippen molar-refractivity contribution >= 4 is 52.6 Å². The summed E-state index contributed by atoms with van der Waals surface area (Å²) in [7, 11) is 0. The smallest absolute Gasteiger partial charge is 0.409 e. The maximum atomic E-state index is 12.9. The Morgan fingerprint density at radius 2 is 1.71 bits per heavy atom. The number of thioether (sulfide) groups is 1. The molecule has 4 rings (SSSR count). The van der Waals surface area contributed by atoms with Gasteiger partial charge in [-0.2, -0.15) is 0 Å². The predicted octanol–water partition coefficient (Wildman–Crippen LogP) is 4.49. The Morgan fingerprint density at radius 3 is 2.37 bits per heavy atom. The van der Waals surface area contributed by atoms with Gasteiger partial charge in [-0.15, -0.1) is 0 Å². The fourth-order valence-electron chi connectivity index (χ4n) is 3.82. The second kappa shape index (κ2) is 11.0. The van der Waals surface area contributed by atoms with E-state index in [0.717, 1.165) is 17.3 Å². The molecule has 2 saturated heterocycles. The summed E-state index contributed by atoms with van der Waals surface area (Å²) in [6.45, 7) is 3.94. The molecule has 0 saturated carbocycles. The molecule has 2 heterocycles. The van der Waals surface area contributed by atoms with Crippen LogP contribution in [0.25, 0.3) is 6.08 Å². The molecule has 0 radical (unpaired) electrons. The lowest BCUT2D eigenvalue weighted by atomic mass is 10.1. The lowest BCUT2D eigenvalue weighted by Crippen LogP contribution is -2.50. The van der Waals surface area contributed by atoms with Gasteiger partial charge in [-0.1, -0.05) is 35.9 Å². The summed E-state index contributed by atoms with van der Waals surface area (Å²) in [6.07, 6.45) is 1.29. The van der Waals surface area contributed by atoms with Crippen LogP contribution in [0.2, 0.25) is 5.02 Å². The monoisotopic (exact) mass is 513 g/mol. The maximum Gasteiger partial charge on any atom is 0.409 e. The van der Waals surface area contributed by atoms with Crippen LogP contribution in [-0.4, -0.2) is 70.6 Å². The van der Waals surface area contributed by atoms with E-state index in [2.05, 4.69) is 0 Å². The summed E-state index contributed by atoms with van der Waals surface area (Å²) in [5.41, 5.74) is 2.00. The number of carbonyl (C=O) groups excluding carboxylic acids is 4. The number of benzene rings is 2. The third-order valence-corrected chi connectivity index (χ3v) is 6.79. The minimum absolute atomic E-state index is 0.123. The minimum Gasteiger partial charge on any atom is -0.450 e. The largest absolute Gasteiger partial charge is 0.450 e. The van der Waals surface area contributed by atoms with Crippen LogP contribution in [0, 0.1) is 0 Å². The number of halogens is 1. The molecule has 182 valence electrons. The van der Waals surface area contributed by atoms with Crippen molar-refractivity contribution in [2.45, 2.75) is 13.5 Å². The highest BCUT2D eigenvalue weighted by Gasteiger charge is 2.35. The van der Waals surface area contributed by atoms with Crippen LogP contribution in [0.1, 0.15) is 28.4 Å². The molecule has 35 heavy (non-hydrogen) atoms. The third kappa shape index (κ3) is 5.86. The van der Waals surface area contributed by atoms with Crippen molar-refractivity contribution in [1.29, 1.82) is 0 Å². The van der Waals surface area contributed by atoms with Crippen LogP contribution >= 0.6 is 23.4 Å². The molecule has 2 aliphatic rings. The van der Waals surface area contributed by atoms with Gasteiger partial charge in [-0.25, -0.2) is 4.79 Å². The number of carbonyl (C=O) groups is 4. The van der Waals surface area contributed by atoms with Crippen molar-refractivity contribution in [3.63, 3.8) is 0 Å². The first-order valence-corrected chi connectivity index (χ1v) is 12.4. The second-order valence-electron chi connectivity index (χ2n) is 8.00. The van der Waals surface area contributed by atoms with Crippen molar-refractivity contribution in [3.8, 4) is 0 Å². The van der Waals surface area contributed by atoms with Gasteiger partial charge < -0.3 is 14.5 Å². The summed E-state index contributed by atoms with van der Waals surface area (Å²) < 4.78 is 5.01. The average molecular weight is 514 g/mol. The SMILES string of the molecule is CCOC(=O)N1CCN(C(=O)c2ccc(/C=C3\SC(=O)N(Cc4cccc(Cl)c4)C3=O)cc2)CC1. The molecular weight excluding hydrogens is 490 g/mol. The van der Waals surface area contributed by atoms with Crippen LogP contribution < -0.4 is 0 Å². The zero-order valence-electron chi connectivity index (χ0n) is 19.1. The van der Waals surface area contributed by atoms with E-state index in [1.54, 1.807) is 65.3 Å². The molecule has 8 nitrogen and oxygen atoms in total. The minimum atomic E-state index is -0.361. The van der Waals surface area contributed by atoms with Crippen molar-refractivity contribution in [3.05, 3.63) is 75.1 Å². The van der Waals surface area contributed by atoms with Gasteiger partial charge in [0.05, 0.1) is 18.1 Å².